The fraction of sp³-hybridized carbons (Fsp3) is 0.600. The molecule has 3 rings (SSSR count). The third-order valence-electron chi connectivity index (χ3n) is 4.79. The molecule has 2 fully saturated rings. The van der Waals surface area contributed by atoms with Gasteiger partial charge in [-0.2, -0.15) is 0 Å². The summed E-state index contributed by atoms with van der Waals surface area (Å²) in [4.78, 5) is 0.175. The van der Waals surface area contributed by atoms with Gasteiger partial charge in [0.1, 0.15) is 4.90 Å². The number of hydrogen-bond acceptors (Lipinski definition) is 4. The van der Waals surface area contributed by atoms with Crippen LogP contribution in [0.15, 0.2) is 23.1 Å². The molecule has 0 atom stereocenters. The first-order valence-electron chi connectivity index (χ1n) is 7.42. The van der Waals surface area contributed by atoms with Crippen LogP contribution in [0.4, 0.5) is 11.4 Å². The van der Waals surface area contributed by atoms with Crippen LogP contribution in [-0.4, -0.2) is 33.4 Å². The maximum Gasteiger partial charge on any atom is 0.244 e. The van der Waals surface area contributed by atoms with Crippen molar-refractivity contribution in [2.75, 3.05) is 31.7 Å². The van der Waals surface area contributed by atoms with Gasteiger partial charge in [-0.05, 0) is 49.1 Å². The number of rotatable bonds is 6. The van der Waals surface area contributed by atoms with Gasteiger partial charge in [0.2, 0.25) is 10.0 Å². The summed E-state index contributed by atoms with van der Waals surface area (Å²) >= 11 is 0. The van der Waals surface area contributed by atoms with Crippen LogP contribution in [0, 0.1) is 11.3 Å². The van der Waals surface area contributed by atoms with Crippen LogP contribution >= 0.6 is 0 Å². The van der Waals surface area contributed by atoms with Crippen molar-refractivity contribution in [1.82, 2.24) is 4.31 Å². The van der Waals surface area contributed by atoms with E-state index in [-0.39, 0.29) is 4.90 Å². The van der Waals surface area contributed by atoms with Crippen LogP contribution in [0.5, 0.6) is 0 Å². The van der Waals surface area contributed by atoms with Crippen molar-refractivity contribution in [3.8, 4) is 0 Å². The molecule has 2 aliphatic rings. The van der Waals surface area contributed by atoms with Gasteiger partial charge in [-0.3, -0.25) is 0 Å². The Labute approximate surface area is 126 Å². The van der Waals surface area contributed by atoms with Gasteiger partial charge in [0, 0.05) is 20.6 Å². The Balaban J connectivity index is 1.80. The average Bonchev–Trinajstić information content (AvgIpc) is 3.29. The van der Waals surface area contributed by atoms with Gasteiger partial charge in [-0.25, -0.2) is 12.7 Å². The number of nitrogens with zero attached hydrogens (tertiary/aromatic N) is 1. The molecule has 0 unspecified atom stereocenters. The van der Waals surface area contributed by atoms with Crippen LogP contribution in [0.25, 0.3) is 0 Å². The highest BCUT2D eigenvalue weighted by atomic mass is 32.2. The van der Waals surface area contributed by atoms with Crippen LogP contribution < -0.4 is 11.1 Å². The molecule has 0 heterocycles. The van der Waals surface area contributed by atoms with Gasteiger partial charge >= 0.3 is 0 Å². The number of para-hydroxylation sites is 1. The highest BCUT2D eigenvalue weighted by Gasteiger charge is 2.53. The summed E-state index contributed by atoms with van der Waals surface area (Å²) in [6.07, 6.45) is 5.24. The number of nitrogens with one attached hydrogen (secondary N) is 1. The van der Waals surface area contributed by atoms with Crippen molar-refractivity contribution < 1.29 is 8.42 Å². The third-order valence-corrected chi connectivity index (χ3v) is 6.66. The zero-order chi connectivity index (χ0) is 15.3. The molecule has 1 aromatic rings. The van der Waals surface area contributed by atoms with E-state index in [0.29, 0.717) is 11.1 Å². The number of benzene rings is 1. The normalized spacial score (nSPS) is 20.5. The Hall–Kier alpha value is -1.27. The van der Waals surface area contributed by atoms with Crippen molar-refractivity contribution in [3.05, 3.63) is 18.2 Å². The minimum absolute atomic E-state index is 0.175. The van der Waals surface area contributed by atoms with Crippen molar-refractivity contribution in [2.45, 2.75) is 30.6 Å². The first kappa shape index (κ1) is 14.7. The van der Waals surface area contributed by atoms with Gasteiger partial charge in [-0.1, -0.05) is 6.07 Å². The molecule has 2 aliphatic carbocycles. The second-order valence-electron chi connectivity index (χ2n) is 6.50. The molecule has 0 aliphatic heterocycles. The van der Waals surface area contributed by atoms with Gasteiger partial charge < -0.3 is 11.1 Å². The van der Waals surface area contributed by atoms with E-state index in [1.54, 1.807) is 12.1 Å². The van der Waals surface area contributed by atoms with Gasteiger partial charge in [0.05, 0.1) is 11.4 Å². The molecular formula is C15H23N3O2S. The second-order valence-corrected chi connectivity index (χ2v) is 8.62. The first-order valence-corrected chi connectivity index (χ1v) is 8.86. The fourth-order valence-electron chi connectivity index (χ4n) is 2.98. The minimum atomic E-state index is -3.50. The summed E-state index contributed by atoms with van der Waals surface area (Å²) in [6.45, 7) is 0.896. The molecule has 0 spiro atoms. The van der Waals surface area contributed by atoms with Crippen molar-refractivity contribution in [1.29, 1.82) is 0 Å². The van der Waals surface area contributed by atoms with E-state index >= 15 is 0 Å². The van der Waals surface area contributed by atoms with Gasteiger partial charge in [0.25, 0.3) is 0 Å². The van der Waals surface area contributed by atoms with Crippen molar-refractivity contribution in [3.63, 3.8) is 0 Å². The Bertz CT molecular complexity index is 647. The predicted molar refractivity (Wildman–Crippen MR) is 84.6 cm³/mol. The molecular weight excluding hydrogens is 286 g/mol. The molecule has 0 saturated heterocycles. The molecule has 3 N–H and O–H groups in total. The smallest absolute Gasteiger partial charge is 0.244 e. The molecule has 0 amide bonds. The van der Waals surface area contributed by atoms with E-state index in [1.165, 1.54) is 44.1 Å². The molecule has 6 heteroatoms. The summed E-state index contributed by atoms with van der Waals surface area (Å²) in [5.74, 6) is 0.861. The first-order chi connectivity index (χ1) is 9.87. The van der Waals surface area contributed by atoms with Crippen LogP contribution in [0.1, 0.15) is 25.7 Å². The third kappa shape index (κ3) is 2.62. The summed E-state index contributed by atoms with van der Waals surface area (Å²) in [5.41, 5.74) is 7.57. The Kier molecular flexibility index (Phi) is 3.41. The van der Waals surface area contributed by atoms with Crippen molar-refractivity contribution in [2.24, 2.45) is 11.3 Å². The lowest BCUT2D eigenvalue weighted by atomic mass is 10.0. The van der Waals surface area contributed by atoms with Crippen LogP contribution in [-0.2, 0) is 10.0 Å². The second kappa shape index (κ2) is 4.88. The molecule has 0 bridgehead atoms. The highest BCUT2D eigenvalue weighted by molar-refractivity contribution is 7.89. The van der Waals surface area contributed by atoms with E-state index in [0.717, 1.165) is 18.2 Å². The molecule has 1 aromatic carbocycles. The zero-order valence-corrected chi connectivity index (χ0v) is 13.4. The van der Waals surface area contributed by atoms with E-state index in [2.05, 4.69) is 5.32 Å². The maximum atomic E-state index is 12.3. The van der Waals surface area contributed by atoms with E-state index < -0.39 is 10.0 Å². The van der Waals surface area contributed by atoms with Gasteiger partial charge in [-0.15, -0.1) is 0 Å². The van der Waals surface area contributed by atoms with E-state index in [1.807, 2.05) is 6.07 Å². The summed E-state index contributed by atoms with van der Waals surface area (Å²) in [7, 11) is -0.474. The number of nitrogen functional groups attached to an aromatic ring is 1. The number of anilines is 2. The summed E-state index contributed by atoms with van der Waals surface area (Å²) in [5, 5.41) is 3.38. The maximum absolute atomic E-state index is 12.3. The quantitative estimate of drug-likeness (QED) is 0.789. The Morgan fingerprint density at radius 1 is 1.33 bits per heavy atom. The van der Waals surface area contributed by atoms with Crippen LogP contribution in [0.3, 0.4) is 0 Å². The topological polar surface area (TPSA) is 75.4 Å². The highest BCUT2D eigenvalue weighted by Crippen LogP contribution is 2.61. The number of nitrogens with two attached hydrogens (primary N) is 1. The average molecular weight is 309 g/mol. The lowest BCUT2D eigenvalue weighted by Gasteiger charge is -2.19. The Morgan fingerprint density at radius 3 is 2.52 bits per heavy atom. The fourth-order valence-corrected chi connectivity index (χ4v) is 4.01. The molecule has 116 valence electrons. The lowest BCUT2D eigenvalue weighted by Crippen LogP contribution is -2.24. The summed E-state index contributed by atoms with van der Waals surface area (Å²) in [6, 6.07) is 5.16. The molecule has 21 heavy (non-hydrogen) atoms. The number of hydrogen-bond donors (Lipinski definition) is 2. The molecule has 2 saturated carbocycles. The van der Waals surface area contributed by atoms with Crippen LogP contribution in [0.2, 0.25) is 0 Å². The largest absolute Gasteiger partial charge is 0.396 e. The molecule has 0 radical (unpaired) electrons. The summed E-state index contributed by atoms with van der Waals surface area (Å²) < 4.78 is 25.7. The monoisotopic (exact) mass is 309 g/mol. The standard InChI is InChI=1S/C15H23N3O2S/c1-18(2)21(19,20)13-5-3-4-12(14(13)16)17-10-15(8-9-15)11-6-7-11/h3-5,11,17H,6-10,16H2,1-2H3. The van der Waals surface area contributed by atoms with E-state index in [4.69, 9.17) is 5.73 Å². The van der Waals surface area contributed by atoms with Crippen molar-refractivity contribution >= 4 is 21.4 Å². The lowest BCUT2D eigenvalue weighted by molar-refractivity contribution is 0.467. The Morgan fingerprint density at radius 2 is 2.00 bits per heavy atom. The minimum Gasteiger partial charge on any atom is -0.396 e. The predicted octanol–water partition coefficient (Wildman–Crippen LogP) is 2.12. The number of sulfonamides is 1. The van der Waals surface area contributed by atoms with Gasteiger partial charge in [0.15, 0.2) is 0 Å². The molecule has 5 nitrogen and oxygen atoms in total. The SMILES string of the molecule is CN(C)S(=O)(=O)c1cccc(NCC2(C3CC3)CC2)c1N. The molecule has 0 aromatic heterocycles. The van der Waals surface area contributed by atoms with E-state index in [9.17, 15) is 8.42 Å². The zero-order valence-electron chi connectivity index (χ0n) is 12.6.